The molecule has 0 spiro atoms. The monoisotopic (exact) mass is 307 g/mol. The number of hydrogen-bond donors (Lipinski definition) is 3. The van der Waals surface area contributed by atoms with E-state index in [2.05, 4.69) is 43.5 Å². The number of carbonyl (C=O) groups is 1. The van der Waals surface area contributed by atoms with Crippen molar-refractivity contribution < 1.29 is 9.90 Å². The summed E-state index contributed by atoms with van der Waals surface area (Å²) < 4.78 is 0. The second-order valence-electron chi connectivity index (χ2n) is 6.55. The molecule has 3 N–H and O–H groups in total. The second kappa shape index (κ2) is 8.15. The third kappa shape index (κ3) is 6.45. The van der Waals surface area contributed by atoms with Crippen molar-refractivity contribution in [3.63, 3.8) is 0 Å². The highest BCUT2D eigenvalue weighted by Crippen LogP contribution is 2.15. The summed E-state index contributed by atoms with van der Waals surface area (Å²) in [5.74, 6) is 0. The fourth-order valence-electron chi connectivity index (χ4n) is 2.37. The van der Waals surface area contributed by atoms with Gasteiger partial charge in [0, 0.05) is 31.7 Å². The molecule has 5 nitrogen and oxygen atoms in total. The van der Waals surface area contributed by atoms with E-state index in [0.29, 0.717) is 13.1 Å². The molecule has 0 heterocycles. The van der Waals surface area contributed by atoms with Gasteiger partial charge in [-0.05, 0) is 33.3 Å². The van der Waals surface area contributed by atoms with E-state index in [-0.39, 0.29) is 17.6 Å². The van der Waals surface area contributed by atoms with Crippen LogP contribution in [0.5, 0.6) is 0 Å². The molecule has 0 saturated carbocycles. The Morgan fingerprint density at radius 3 is 2.41 bits per heavy atom. The molecule has 0 aliphatic rings. The molecule has 0 fully saturated rings. The van der Waals surface area contributed by atoms with Crippen LogP contribution in [-0.2, 0) is 0 Å². The minimum atomic E-state index is -0.528. The van der Waals surface area contributed by atoms with Gasteiger partial charge in [-0.2, -0.15) is 0 Å². The lowest BCUT2D eigenvalue weighted by atomic mass is 10.0. The molecule has 0 aliphatic carbocycles. The Bertz CT molecular complexity index is 460. The maximum absolute atomic E-state index is 12.0. The zero-order valence-electron chi connectivity index (χ0n) is 14.3. The van der Waals surface area contributed by atoms with E-state index in [9.17, 15) is 9.90 Å². The number of nitrogens with one attached hydrogen (secondary N) is 2. The van der Waals surface area contributed by atoms with Crippen LogP contribution < -0.4 is 10.6 Å². The number of aliphatic hydroxyl groups excluding tert-OH is 1. The number of aliphatic hydroxyl groups is 1. The fourth-order valence-corrected chi connectivity index (χ4v) is 2.37. The van der Waals surface area contributed by atoms with E-state index in [1.807, 2.05) is 18.2 Å². The summed E-state index contributed by atoms with van der Waals surface area (Å²) in [6.07, 6.45) is -0.528. The first-order valence-electron chi connectivity index (χ1n) is 7.71. The standard InChI is InChI=1S/C17H29N3O2/c1-13(21)11-20(5)16(22)18-12-17(3,4)19-14(2)15-9-7-6-8-10-15/h6-10,13-14,19,21H,11-12H2,1-5H3,(H,18,22). The van der Waals surface area contributed by atoms with Gasteiger partial charge in [-0.25, -0.2) is 4.79 Å². The van der Waals surface area contributed by atoms with Gasteiger partial charge in [0.15, 0.2) is 0 Å². The Morgan fingerprint density at radius 2 is 1.86 bits per heavy atom. The van der Waals surface area contributed by atoms with Gasteiger partial charge in [0.2, 0.25) is 0 Å². The van der Waals surface area contributed by atoms with Crippen LogP contribution in [0.1, 0.15) is 39.3 Å². The smallest absolute Gasteiger partial charge is 0.317 e. The van der Waals surface area contributed by atoms with Crippen LogP contribution in [0.4, 0.5) is 4.79 Å². The van der Waals surface area contributed by atoms with Crippen LogP contribution in [0.15, 0.2) is 30.3 Å². The van der Waals surface area contributed by atoms with E-state index >= 15 is 0 Å². The van der Waals surface area contributed by atoms with Crippen LogP contribution in [0.3, 0.4) is 0 Å². The number of urea groups is 1. The van der Waals surface area contributed by atoms with Crippen molar-refractivity contribution in [2.24, 2.45) is 0 Å². The van der Waals surface area contributed by atoms with Gasteiger partial charge in [0.25, 0.3) is 0 Å². The number of carbonyl (C=O) groups excluding carboxylic acids is 1. The summed E-state index contributed by atoms with van der Waals surface area (Å²) in [4.78, 5) is 13.4. The van der Waals surface area contributed by atoms with Crippen molar-refractivity contribution in [3.05, 3.63) is 35.9 Å². The predicted octanol–water partition coefficient (Wildman–Crippen LogP) is 2.14. The summed E-state index contributed by atoms with van der Waals surface area (Å²) >= 11 is 0. The Hall–Kier alpha value is -1.59. The van der Waals surface area contributed by atoms with Crippen LogP contribution in [0, 0.1) is 0 Å². The van der Waals surface area contributed by atoms with E-state index < -0.39 is 6.10 Å². The van der Waals surface area contributed by atoms with Crippen molar-refractivity contribution in [2.45, 2.75) is 45.4 Å². The molecule has 0 radical (unpaired) electrons. The van der Waals surface area contributed by atoms with Crippen molar-refractivity contribution in [1.29, 1.82) is 0 Å². The highest BCUT2D eigenvalue weighted by atomic mass is 16.3. The van der Waals surface area contributed by atoms with Crippen molar-refractivity contribution >= 4 is 6.03 Å². The first-order valence-corrected chi connectivity index (χ1v) is 7.71. The fraction of sp³-hybridized carbons (Fsp3) is 0.588. The van der Waals surface area contributed by atoms with E-state index in [0.717, 1.165) is 0 Å². The van der Waals surface area contributed by atoms with Crippen molar-refractivity contribution in [3.8, 4) is 0 Å². The first-order chi connectivity index (χ1) is 10.2. The maximum Gasteiger partial charge on any atom is 0.317 e. The van der Waals surface area contributed by atoms with Crippen molar-refractivity contribution in [1.82, 2.24) is 15.5 Å². The minimum absolute atomic E-state index is 0.178. The molecular weight excluding hydrogens is 278 g/mol. The molecule has 2 unspecified atom stereocenters. The number of hydrogen-bond acceptors (Lipinski definition) is 3. The molecule has 5 heteroatoms. The van der Waals surface area contributed by atoms with Crippen LogP contribution in [0.25, 0.3) is 0 Å². The molecule has 22 heavy (non-hydrogen) atoms. The third-order valence-corrected chi connectivity index (χ3v) is 3.47. The number of benzene rings is 1. The van der Waals surface area contributed by atoms with E-state index in [1.165, 1.54) is 10.5 Å². The highest BCUT2D eigenvalue weighted by Gasteiger charge is 2.22. The number of likely N-dealkylation sites (N-methyl/N-ethyl adjacent to an activating group) is 1. The molecule has 0 aliphatic heterocycles. The second-order valence-corrected chi connectivity index (χ2v) is 6.55. The highest BCUT2D eigenvalue weighted by molar-refractivity contribution is 5.73. The van der Waals surface area contributed by atoms with Gasteiger partial charge >= 0.3 is 6.03 Å². The van der Waals surface area contributed by atoms with Gasteiger partial charge in [-0.3, -0.25) is 0 Å². The summed E-state index contributed by atoms with van der Waals surface area (Å²) in [6, 6.07) is 10.2. The van der Waals surface area contributed by atoms with Crippen LogP contribution >= 0.6 is 0 Å². The number of rotatable bonds is 7. The Morgan fingerprint density at radius 1 is 1.27 bits per heavy atom. The number of amides is 2. The summed E-state index contributed by atoms with van der Waals surface area (Å²) in [7, 11) is 1.68. The summed E-state index contributed by atoms with van der Waals surface area (Å²) in [5, 5.41) is 15.7. The number of nitrogens with zero attached hydrogens (tertiary/aromatic N) is 1. The van der Waals surface area contributed by atoms with Gasteiger partial charge in [0.1, 0.15) is 0 Å². The molecule has 0 aromatic heterocycles. The molecule has 124 valence electrons. The molecule has 1 rings (SSSR count). The Kier molecular flexibility index (Phi) is 6.84. The van der Waals surface area contributed by atoms with Gasteiger partial charge in [-0.1, -0.05) is 30.3 Å². The molecule has 2 atom stereocenters. The molecular formula is C17H29N3O2. The maximum atomic E-state index is 12.0. The lowest BCUT2D eigenvalue weighted by Gasteiger charge is -2.31. The summed E-state index contributed by atoms with van der Waals surface area (Å²) in [6.45, 7) is 8.71. The Labute approximate surface area is 133 Å². The zero-order valence-corrected chi connectivity index (χ0v) is 14.3. The summed E-state index contributed by atoms with van der Waals surface area (Å²) in [5.41, 5.74) is 0.976. The quantitative estimate of drug-likeness (QED) is 0.723. The van der Waals surface area contributed by atoms with Crippen molar-refractivity contribution in [2.75, 3.05) is 20.1 Å². The average Bonchev–Trinajstić information content (AvgIpc) is 2.44. The lowest BCUT2D eigenvalue weighted by Crippen LogP contribution is -2.52. The predicted molar refractivity (Wildman–Crippen MR) is 89.8 cm³/mol. The molecule has 1 aromatic carbocycles. The topological polar surface area (TPSA) is 64.6 Å². The minimum Gasteiger partial charge on any atom is -0.392 e. The van der Waals surface area contributed by atoms with E-state index in [1.54, 1.807) is 14.0 Å². The largest absolute Gasteiger partial charge is 0.392 e. The van der Waals surface area contributed by atoms with Gasteiger partial charge < -0.3 is 20.6 Å². The molecule has 2 amide bonds. The lowest BCUT2D eigenvalue weighted by molar-refractivity contribution is 0.142. The normalized spacial score (nSPS) is 14.3. The van der Waals surface area contributed by atoms with E-state index in [4.69, 9.17) is 0 Å². The van der Waals surface area contributed by atoms with Crippen LogP contribution in [0.2, 0.25) is 0 Å². The average molecular weight is 307 g/mol. The zero-order chi connectivity index (χ0) is 16.8. The first kappa shape index (κ1) is 18.5. The van der Waals surface area contributed by atoms with Gasteiger partial charge in [0.05, 0.1) is 6.10 Å². The Balaban J connectivity index is 2.48. The SMILES string of the molecule is CC(O)CN(C)C(=O)NCC(C)(C)NC(C)c1ccccc1. The molecule has 1 aromatic rings. The van der Waals surface area contributed by atoms with Gasteiger partial charge in [-0.15, -0.1) is 0 Å². The van der Waals surface area contributed by atoms with Crippen LogP contribution in [-0.4, -0.2) is 47.8 Å². The third-order valence-electron chi connectivity index (χ3n) is 3.47. The molecule has 0 saturated heterocycles. The molecule has 0 bridgehead atoms.